The highest BCUT2D eigenvalue weighted by molar-refractivity contribution is 8.00. The van der Waals surface area contributed by atoms with Crippen molar-refractivity contribution in [3.8, 4) is 0 Å². The van der Waals surface area contributed by atoms with E-state index in [2.05, 4.69) is 4.90 Å². The molecule has 0 saturated carbocycles. The van der Waals surface area contributed by atoms with Crippen molar-refractivity contribution in [3.05, 3.63) is 33.7 Å². The first-order chi connectivity index (χ1) is 14.0. The number of pyridine rings is 1. The van der Waals surface area contributed by atoms with Gasteiger partial charge in [0.2, 0.25) is 5.43 Å². The fraction of sp³-hybridized carbons (Fsp3) is 0.500. The molecule has 1 atom stereocenters. The van der Waals surface area contributed by atoms with Crippen LogP contribution in [0.4, 0.5) is 10.1 Å². The molecule has 1 aromatic heterocycles. The molecule has 1 unspecified atom stereocenters. The van der Waals surface area contributed by atoms with Gasteiger partial charge in [-0.3, -0.25) is 9.69 Å². The lowest BCUT2D eigenvalue weighted by Crippen LogP contribution is -2.47. The van der Waals surface area contributed by atoms with Crippen molar-refractivity contribution >= 4 is 34.3 Å². The molecule has 4 rings (SSSR count). The molecular formula is C20H24FN3O4S. The van der Waals surface area contributed by atoms with Crippen LogP contribution in [0.1, 0.15) is 29.6 Å². The maximum Gasteiger partial charge on any atom is 0.344 e. The summed E-state index contributed by atoms with van der Waals surface area (Å²) in [5.41, 5.74) is 0.608. The summed E-state index contributed by atoms with van der Waals surface area (Å²) in [4.78, 5) is 29.4. The predicted molar refractivity (Wildman–Crippen MR) is 110 cm³/mol. The number of hydrogen-bond acceptors (Lipinski definition) is 7. The molecule has 7 nitrogen and oxygen atoms in total. The summed E-state index contributed by atoms with van der Waals surface area (Å²) < 4.78 is 22.0. The van der Waals surface area contributed by atoms with Crippen LogP contribution in [0, 0.1) is 5.82 Å². The topological polar surface area (TPSA) is 75.0 Å². The van der Waals surface area contributed by atoms with Gasteiger partial charge in [0.1, 0.15) is 11.4 Å². The van der Waals surface area contributed by atoms with E-state index in [1.807, 2.05) is 16.4 Å². The van der Waals surface area contributed by atoms with E-state index >= 15 is 0 Å². The highest BCUT2D eigenvalue weighted by Gasteiger charge is 2.34. The maximum atomic E-state index is 15.0. The number of anilines is 1. The minimum Gasteiger partial charge on any atom is -0.462 e. The molecule has 2 aliphatic rings. The molecule has 156 valence electrons. The zero-order valence-corrected chi connectivity index (χ0v) is 17.3. The predicted octanol–water partition coefficient (Wildman–Crippen LogP) is 2.06. The van der Waals surface area contributed by atoms with E-state index in [4.69, 9.17) is 9.84 Å². The average Bonchev–Trinajstić information content (AvgIpc) is 2.69. The molecule has 1 saturated heterocycles. The zero-order chi connectivity index (χ0) is 20.7. The van der Waals surface area contributed by atoms with Crippen molar-refractivity contribution in [3.63, 3.8) is 0 Å². The highest BCUT2D eigenvalue weighted by Crippen LogP contribution is 2.46. The van der Waals surface area contributed by atoms with Crippen molar-refractivity contribution in [2.75, 3.05) is 50.8 Å². The van der Waals surface area contributed by atoms with Gasteiger partial charge in [-0.1, -0.05) is 11.8 Å². The maximum absolute atomic E-state index is 15.0. The third-order valence-corrected chi connectivity index (χ3v) is 6.66. The zero-order valence-electron chi connectivity index (χ0n) is 16.5. The van der Waals surface area contributed by atoms with Gasteiger partial charge in [0.25, 0.3) is 0 Å². The summed E-state index contributed by atoms with van der Waals surface area (Å²) in [6.07, 6.45) is 0. The highest BCUT2D eigenvalue weighted by atomic mass is 32.2. The summed E-state index contributed by atoms with van der Waals surface area (Å²) in [6, 6.07) is 2.97. The van der Waals surface area contributed by atoms with Gasteiger partial charge in [-0.05, 0) is 26.0 Å². The molecule has 2 aromatic rings. The Hall–Kier alpha value is -2.10. The van der Waals surface area contributed by atoms with Gasteiger partial charge in [0.15, 0.2) is 0 Å². The van der Waals surface area contributed by atoms with Crippen LogP contribution in [0.25, 0.3) is 10.9 Å². The van der Waals surface area contributed by atoms with Crippen LogP contribution in [0.2, 0.25) is 0 Å². The quantitative estimate of drug-likeness (QED) is 0.741. The van der Waals surface area contributed by atoms with E-state index < -0.39 is 17.2 Å². The Balaban J connectivity index is 1.78. The van der Waals surface area contributed by atoms with Gasteiger partial charge in [-0.2, -0.15) is 0 Å². The Morgan fingerprint density at radius 1 is 1.31 bits per heavy atom. The number of piperazine rings is 1. The second-order valence-electron chi connectivity index (χ2n) is 7.19. The average molecular weight is 421 g/mol. The minimum atomic E-state index is -0.660. The lowest BCUT2D eigenvalue weighted by Gasteiger charge is -2.37. The summed E-state index contributed by atoms with van der Waals surface area (Å²) in [5.74, 6) is -1.13. The van der Waals surface area contributed by atoms with Gasteiger partial charge in [-0.15, -0.1) is 0 Å². The third-order valence-electron chi connectivity index (χ3n) is 5.48. The van der Waals surface area contributed by atoms with Crippen LogP contribution in [0.3, 0.4) is 0 Å². The molecular weight excluding hydrogens is 397 g/mol. The number of thioether (sulfide) groups is 1. The van der Waals surface area contributed by atoms with Gasteiger partial charge in [0.05, 0.1) is 34.8 Å². The van der Waals surface area contributed by atoms with Crippen molar-refractivity contribution in [1.82, 2.24) is 9.47 Å². The Labute approximate surface area is 172 Å². The number of rotatable bonds is 5. The second kappa shape index (κ2) is 7.97. The second-order valence-corrected chi connectivity index (χ2v) is 8.49. The van der Waals surface area contributed by atoms with E-state index in [0.29, 0.717) is 35.9 Å². The lowest BCUT2D eigenvalue weighted by atomic mass is 10.1. The van der Waals surface area contributed by atoms with Crippen molar-refractivity contribution < 1.29 is 19.0 Å². The molecule has 3 heterocycles. The van der Waals surface area contributed by atoms with E-state index in [9.17, 15) is 14.0 Å². The summed E-state index contributed by atoms with van der Waals surface area (Å²) in [7, 11) is 0. The number of carbonyl (C=O) groups excluding carboxylic acids is 1. The number of aliphatic hydroxyl groups is 1. The van der Waals surface area contributed by atoms with Crippen molar-refractivity contribution in [2.45, 2.75) is 24.2 Å². The standard InChI is InChI=1S/C20H24FN3O4S/c1-3-28-20(27)17-18(26)13-10-14(21)16(11-15(13)24-12(2)29-19(17)24)23-6-4-22(5-7-23)8-9-25/h10-12,25H,3-9H2,1-2H3. The summed E-state index contributed by atoms with van der Waals surface area (Å²) in [6.45, 7) is 7.33. The van der Waals surface area contributed by atoms with Crippen LogP contribution < -0.4 is 10.3 Å². The first kappa shape index (κ1) is 20.2. The normalized spacial score (nSPS) is 19.2. The van der Waals surface area contributed by atoms with Crippen LogP contribution in [-0.4, -0.2) is 66.5 Å². The number of nitrogens with zero attached hydrogens (tertiary/aromatic N) is 3. The van der Waals surface area contributed by atoms with E-state index in [1.54, 1.807) is 13.0 Å². The molecule has 1 fully saturated rings. The number of esters is 1. The Morgan fingerprint density at radius 3 is 2.66 bits per heavy atom. The van der Waals surface area contributed by atoms with E-state index in [1.165, 1.54) is 17.8 Å². The van der Waals surface area contributed by atoms with Crippen LogP contribution in [-0.2, 0) is 4.74 Å². The number of halogens is 1. The molecule has 0 bridgehead atoms. The molecule has 1 aromatic carbocycles. The lowest BCUT2D eigenvalue weighted by molar-refractivity contribution is 0.0518. The van der Waals surface area contributed by atoms with E-state index in [0.717, 1.165) is 13.1 Å². The molecule has 29 heavy (non-hydrogen) atoms. The van der Waals surface area contributed by atoms with Crippen LogP contribution in [0.5, 0.6) is 0 Å². The number of ether oxygens (including phenoxy) is 1. The first-order valence-corrected chi connectivity index (χ1v) is 10.7. The fourth-order valence-electron chi connectivity index (χ4n) is 4.01. The molecule has 2 aliphatic heterocycles. The number of aliphatic hydroxyl groups excluding tert-OH is 1. The molecule has 0 amide bonds. The summed E-state index contributed by atoms with van der Waals surface area (Å²) >= 11 is 1.44. The largest absolute Gasteiger partial charge is 0.462 e. The van der Waals surface area contributed by atoms with Crippen LogP contribution >= 0.6 is 11.8 Å². The van der Waals surface area contributed by atoms with Gasteiger partial charge < -0.3 is 19.3 Å². The number of hydrogen-bond donors (Lipinski definition) is 1. The molecule has 9 heteroatoms. The first-order valence-electron chi connectivity index (χ1n) is 9.80. The number of fused-ring (bicyclic) bond motifs is 3. The number of carbonyl (C=O) groups is 1. The summed E-state index contributed by atoms with van der Waals surface area (Å²) in [5, 5.41) is 9.91. The SMILES string of the molecule is CCOC(=O)c1c2n(c3cc(N4CCN(CCO)CC4)c(F)cc3c1=O)C(C)S2. The van der Waals surface area contributed by atoms with Gasteiger partial charge in [-0.25, -0.2) is 9.18 Å². The van der Waals surface area contributed by atoms with Gasteiger partial charge in [0, 0.05) is 38.1 Å². The Bertz CT molecular complexity index is 1020. The fourth-order valence-corrected chi connectivity index (χ4v) is 5.17. The monoisotopic (exact) mass is 421 g/mol. The molecule has 0 spiro atoms. The van der Waals surface area contributed by atoms with Crippen LogP contribution in [0.15, 0.2) is 22.0 Å². The van der Waals surface area contributed by atoms with Gasteiger partial charge >= 0.3 is 5.97 Å². The minimum absolute atomic E-state index is 0.00721. The van der Waals surface area contributed by atoms with Crippen molar-refractivity contribution in [1.29, 1.82) is 0 Å². The Morgan fingerprint density at radius 2 is 2.03 bits per heavy atom. The molecule has 0 radical (unpaired) electrons. The Kier molecular flexibility index (Phi) is 5.54. The molecule has 1 N–H and O–H groups in total. The number of aromatic nitrogens is 1. The molecule has 0 aliphatic carbocycles. The van der Waals surface area contributed by atoms with Crippen molar-refractivity contribution in [2.24, 2.45) is 0 Å². The smallest absolute Gasteiger partial charge is 0.344 e. The third kappa shape index (κ3) is 3.41. The number of β-amino-alcohol motifs (C(OH)–C–C–N with tert-alkyl or cyclic N) is 1. The number of benzene rings is 1. The van der Waals surface area contributed by atoms with E-state index in [-0.39, 0.29) is 29.5 Å².